The number of aryl methyl sites for hydroxylation is 1. The van der Waals surface area contributed by atoms with Crippen LogP contribution >= 0.6 is 24.2 Å². The van der Waals surface area contributed by atoms with Crippen LogP contribution in [0.15, 0.2) is 18.2 Å². The van der Waals surface area contributed by atoms with Crippen molar-refractivity contribution in [3.8, 4) is 5.75 Å². The summed E-state index contributed by atoms with van der Waals surface area (Å²) in [5.41, 5.74) is 7.99. The van der Waals surface area contributed by atoms with Gasteiger partial charge in [-0.3, -0.25) is 4.79 Å². The van der Waals surface area contributed by atoms with Crippen LogP contribution < -0.4 is 15.8 Å². The fourth-order valence-corrected chi connectivity index (χ4v) is 3.08. The highest BCUT2D eigenvalue weighted by Gasteiger charge is 2.17. The SMILES string of the molecule is CSCC[C@H](N)C(=O)NCc1ccc(C)cc1OCC1CCCO1.Cl. The third kappa shape index (κ3) is 7.44. The molecule has 1 fully saturated rings. The zero-order chi connectivity index (χ0) is 17.4. The molecule has 0 aliphatic carbocycles. The number of nitrogens with two attached hydrogens (primary N) is 1. The van der Waals surface area contributed by atoms with Crippen LogP contribution in [-0.4, -0.2) is 43.3 Å². The van der Waals surface area contributed by atoms with Gasteiger partial charge in [-0.25, -0.2) is 0 Å². The lowest BCUT2D eigenvalue weighted by Gasteiger charge is -2.17. The zero-order valence-electron chi connectivity index (χ0n) is 15.0. The molecule has 25 heavy (non-hydrogen) atoms. The quantitative estimate of drug-likeness (QED) is 0.680. The van der Waals surface area contributed by atoms with Crippen LogP contribution in [0.2, 0.25) is 0 Å². The molecule has 5 nitrogen and oxygen atoms in total. The summed E-state index contributed by atoms with van der Waals surface area (Å²) in [6.45, 7) is 3.82. The minimum atomic E-state index is -0.459. The Balaban J connectivity index is 0.00000312. The number of thioether (sulfide) groups is 1. The van der Waals surface area contributed by atoms with Crippen LogP contribution in [0.5, 0.6) is 5.75 Å². The molecule has 1 aromatic carbocycles. The first kappa shape index (κ1) is 22.1. The van der Waals surface area contributed by atoms with Crippen LogP contribution in [0.3, 0.4) is 0 Å². The van der Waals surface area contributed by atoms with Gasteiger partial charge in [0, 0.05) is 18.7 Å². The molecule has 2 rings (SSSR count). The third-order valence-corrected chi connectivity index (χ3v) is 4.74. The number of carbonyl (C=O) groups is 1. The third-order valence-electron chi connectivity index (χ3n) is 4.09. The smallest absolute Gasteiger partial charge is 0.237 e. The van der Waals surface area contributed by atoms with Crippen LogP contribution in [0.1, 0.15) is 30.4 Å². The van der Waals surface area contributed by atoms with Crippen molar-refractivity contribution in [3.05, 3.63) is 29.3 Å². The van der Waals surface area contributed by atoms with Crippen molar-refractivity contribution in [1.82, 2.24) is 5.32 Å². The number of benzene rings is 1. The number of halogens is 1. The van der Waals surface area contributed by atoms with Crippen molar-refractivity contribution in [2.75, 3.05) is 25.2 Å². The van der Waals surface area contributed by atoms with Gasteiger partial charge >= 0.3 is 0 Å². The van der Waals surface area contributed by atoms with E-state index in [2.05, 4.69) is 5.32 Å². The van der Waals surface area contributed by atoms with Gasteiger partial charge < -0.3 is 20.5 Å². The van der Waals surface area contributed by atoms with Gasteiger partial charge in [-0.2, -0.15) is 11.8 Å². The van der Waals surface area contributed by atoms with E-state index in [0.29, 0.717) is 19.6 Å². The second-order valence-corrected chi connectivity index (χ2v) is 7.15. The van der Waals surface area contributed by atoms with E-state index in [0.717, 1.165) is 42.1 Å². The number of ether oxygens (including phenoxy) is 2. The summed E-state index contributed by atoms with van der Waals surface area (Å²) in [5.74, 6) is 1.58. The highest BCUT2D eigenvalue weighted by Crippen LogP contribution is 2.22. The van der Waals surface area contributed by atoms with Crippen LogP contribution in [0.25, 0.3) is 0 Å². The molecule has 0 saturated carbocycles. The Labute approximate surface area is 160 Å². The van der Waals surface area contributed by atoms with Crippen LogP contribution in [-0.2, 0) is 16.1 Å². The van der Waals surface area contributed by atoms with Crippen LogP contribution in [0, 0.1) is 6.92 Å². The first-order valence-corrected chi connectivity index (χ1v) is 9.85. The molecule has 1 aliphatic heterocycles. The lowest BCUT2D eigenvalue weighted by atomic mass is 10.1. The lowest BCUT2D eigenvalue weighted by Crippen LogP contribution is -2.40. The molecule has 0 spiro atoms. The number of carbonyl (C=O) groups excluding carboxylic acids is 1. The van der Waals surface area contributed by atoms with Gasteiger partial charge in [0.15, 0.2) is 0 Å². The first-order valence-electron chi connectivity index (χ1n) is 8.46. The van der Waals surface area contributed by atoms with Crippen molar-refractivity contribution < 1.29 is 14.3 Å². The minimum absolute atomic E-state index is 0. The minimum Gasteiger partial charge on any atom is -0.491 e. The molecule has 0 aromatic heterocycles. The van der Waals surface area contributed by atoms with E-state index in [1.54, 1.807) is 11.8 Å². The predicted molar refractivity (Wildman–Crippen MR) is 106 cm³/mol. The molecule has 142 valence electrons. The van der Waals surface area contributed by atoms with E-state index in [4.69, 9.17) is 15.2 Å². The second kappa shape index (κ2) is 11.6. The summed E-state index contributed by atoms with van der Waals surface area (Å²) in [6, 6.07) is 5.56. The van der Waals surface area contributed by atoms with Crippen molar-refractivity contribution in [2.45, 2.75) is 44.9 Å². The fourth-order valence-electron chi connectivity index (χ4n) is 2.59. The maximum atomic E-state index is 12.1. The zero-order valence-corrected chi connectivity index (χ0v) is 16.6. The van der Waals surface area contributed by atoms with E-state index in [-0.39, 0.29) is 24.4 Å². The van der Waals surface area contributed by atoms with Crippen molar-refractivity contribution in [1.29, 1.82) is 0 Å². The second-order valence-electron chi connectivity index (χ2n) is 6.16. The number of rotatable bonds is 9. The van der Waals surface area contributed by atoms with Gasteiger partial charge in [0.1, 0.15) is 12.4 Å². The highest BCUT2D eigenvalue weighted by atomic mass is 35.5. The monoisotopic (exact) mass is 388 g/mol. The predicted octanol–water partition coefficient (Wildman–Crippen LogP) is 2.67. The normalized spacial score (nSPS) is 17.6. The van der Waals surface area contributed by atoms with E-state index in [1.165, 1.54) is 0 Å². The Morgan fingerprint density at radius 3 is 3.00 bits per heavy atom. The summed E-state index contributed by atoms with van der Waals surface area (Å²) < 4.78 is 11.5. The largest absolute Gasteiger partial charge is 0.491 e. The lowest BCUT2D eigenvalue weighted by molar-refractivity contribution is -0.122. The average Bonchev–Trinajstić information content (AvgIpc) is 3.10. The molecular formula is C18H29ClN2O3S. The fraction of sp³-hybridized carbons (Fsp3) is 0.611. The number of nitrogens with one attached hydrogen (secondary N) is 1. The Morgan fingerprint density at radius 1 is 1.52 bits per heavy atom. The maximum absolute atomic E-state index is 12.1. The van der Waals surface area contributed by atoms with Crippen molar-refractivity contribution in [3.63, 3.8) is 0 Å². The number of amides is 1. The molecule has 2 atom stereocenters. The molecule has 1 heterocycles. The van der Waals surface area contributed by atoms with Gasteiger partial charge in [-0.15, -0.1) is 12.4 Å². The standard InChI is InChI=1S/C18H28N2O3S.ClH/c1-13-5-6-14(11-20-18(21)16(19)7-9-24-2)17(10-13)23-12-15-4-3-8-22-15;/h5-6,10,15-16H,3-4,7-9,11-12,19H2,1-2H3,(H,20,21);1H/t15?,16-;/m0./s1. The Bertz CT molecular complexity index is 539. The molecule has 0 bridgehead atoms. The van der Waals surface area contributed by atoms with Crippen molar-refractivity contribution in [2.24, 2.45) is 5.73 Å². The number of hydrogen-bond acceptors (Lipinski definition) is 5. The molecule has 1 unspecified atom stereocenters. The maximum Gasteiger partial charge on any atom is 0.237 e. The first-order chi connectivity index (χ1) is 11.6. The summed E-state index contributed by atoms with van der Waals surface area (Å²) in [6.07, 6.45) is 5.01. The van der Waals surface area contributed by atoms with Gasteiger partial charge in [-0.1, -0.05) is 12.1 Å². The summed E-state index contributed by atoms with van der Waals surface area (Å²) in [4.78, 5) is 12.1. The molecule has 0 radical (unpaired) electrons. The molecule has 1 saturated heterocycles. The van der Waals surface area contributed by atoms with E-state index >= 15 is 0 Å². The average molecular weight is 389 g/mol. The van der Waals surface area contributed by atoms with E-state index in [9.17, 15) is 4.79 Å². The van der Waals surface area contributed by atoms with Gasteiger partial charge in [0.25, 0.3) is 0 Å². The summed E-state index contributed by atoms with van der Waals surface area (Å²) in [5, 5.41) is 2.91. The van der Waals surface area contributed by atoms with Gasteiger partial charge in [0.2, 0.25) is 5.91 Å². The number of hydrogen-bond donors (Lipinski definition) is 2. The summed E-state index contributed by atoms with van der Waals surface area (Å²) >= 11 is 1.69. The topological polar surface area (TPSA) is 73.6 Å². The Morgan fingerprint density at radius 2 is 2.32 bits per heavy atom. The Hall–Kier alpha value is -0.950. The molecule has 1 aliphatic rings. The van der Waals surface area contributed by atoms with E-state index < -0.39 is 6.04 Å². The van der Waals surface area contributed by atoms with E-state index in [1.807, 2.05) is 31.4 Å². The molecule has 3 N–H and O–H groups in total. The molecule has 7 heteroatoms. The van der Waals surface area contributed by atoms with Gasteiger partial charge in [0.05, 0.1) is 12.1 Å². The molecule has 1 aromatic rings. The van der Waals surface area contributed by atoms with Gasteiger partial charge in [-0.05, 0) is 49.8 Å². The molecule has 1 amide bonds. The van der Waals surface area contributed by atoms with Crippen molar-refractivity contribution >= 4 is 30.1 Å². The Kier molecular flexibility index (Phi) is 10.3. The molecular weight excluding hydrogens is 360 g/mol. The summed E-state index contributed by atoms with van der Waals surface area (Å²) in [7, 11) is 0. The van der Waals surface area contributed by atoms with Crippen LogP contribution in [0.4, 0.5) is 0 Å². The highest BCUT2D eigenvalue weighted by molar-refractivity contribution is 7.98.